The molecule has 0 amide bonds. The third kappa shape index (κ3) is 2.13. The number of hydrogen-bond donors (Lipinski definition) is 1. The maximum absolute atomic E-state index is 5.97. The first-order valence-electron chi connectivity index (χ1n) is 6.23. The van der Waals surface area contributed by atoms with Crippen molar-refractivity contribution in [1.29, 1.82) is 0 Å². The second-order valence-corrected chi connectivity index (χ2v) is 5.70. The van der Waals surface area contributed by atoms with Crippen LogP contribution in [0.5, 0.6) is 0 Å². The Morgan fingerprint density at radius 2 is 2.00 bits per heavy atom. The van der Waals surface area contributed by atoms with Crippen molar-refractivity contribution in [3.8, 4) is 10.6 Å². The molecule has 0 spiro atoms. The third-order valence-corrected chi connectivity index (χ3v) is 4.54. The van der Waals surface area contributed by atoms with E-state index in [4.69, 9.17) is 5.73 Å². The zero-order valence-electron chi connectivity index (χ0n) is 10.9. The topological polar surface area (TPSA) is 51.8 Å². The fourth-order valence-corrected chi connectivity index (χ4v) is 3.28. The van der Waals surface area contributed by atoms with Gasteiger partial charge in [-0.05, 0) is 19.2 Å². The number of pyridine rings is 1. The summed E-state index contributed by atoms with van der Waals surface area (Å²) in [4.78, 5) is 10.1. The molecule has 96 valence electrons. The van der Waals surface area contributed by atoms with Crippen LogP contribution in [0.15, 0.2) is 36.7 Å². The standard InChI is InChI=1S/C15H15N3S/c1-9(16)14-10(2)18-15(19-14)13-8-17-7-11-5-3-4-6-12(11)13/h3-9H,16H2,1-2H3. The van der Waals surface area contributed by atoms with Gasteiger partial charge >= 0.3 is 0 Å². The minimum atomic E-state index is 0.0224. The molecule has 0 radical (unpaired) electrons. The Morgan fingerprint density at radius 1 is 1.21 bits per heavy atom. The van der Waals surface area contributed by atoms with Gasteiger partial charge in [-0.25, -0.2) is 4.98 Å². The maximum atomic E-state index is 5.97. The first kappa shape index (κ1) is 12.3. The second-order valence-electron chi connectivity index (χ2n) is 4.67. The highest BCUT2D eigenvalue weighted by molar-refractivity contribution is 7.15. The van der Waals surface area contributed by atoms with Crippen LogP contribution in [0.3, 0.4) is 0 Å². The first-order chi connectivity index (χ1) is 9.16. The van der Waals surface area contributed by atoms with Gasteiger partial charge in [0.2, 0.25) is 0 Å². The highest BCUT2D eigenvalue weighted by Crippen LogP contribution is 2.34. The van der Waals surface area contributed by atoms with Gasteiger partial charge in [0.1, 0.15) is 5.01 Å². The van der Waals surface area contributed by atoms with Gasteiger partial charge in [-0.15, -0.1) is 11.3 Å². The molecule has 2 aromatic heterocycles. The fourth-order valence-electron chi connectivity index (χ4n) is 2.23. The van der Waals surface area contributed by atoms with E-state index < -0.39 is 0 Å². The largest absolute Gasteiger partial charge is 0.323 e. The lowest BCUT2D eigenvalue weighted by Gasteiger charge is -2.02. The Hall–Kier alpha value is -1.78. The normalized spacial score (nSPS) is 12.8. The van der Waals surface area contributed by atoms with E-state index in [2.05, 4.69) is 22.1 Å². The smallest absolute Gasteiger partial charge is 0.126 e. The van der Waals surface area contributed by atoms with Crippen LogP contribution in [-0.2, 0) is 0 Å². The van der Waals surface area contributed by atoms with E-state index in [1.54, 1.807) is 11.3 Å². The lowest BCUT2D eigenvalue weighted by Crippen LogP contribution is -2.03. The van der Waals surface area contributed by atoms with Crippen molar-refractivity contribution in [2.75, 3.05) is 0 Å². The number of nitrogens with zero attached hydrogens (tertiary/aromatic N) is 2. The van der Waals surface area contributed by atoms with E-state index >= 15 is 0 Å². The molecule has 3 aromatic rings. The highest BCUT2D eigenvalue weighted by Gasteiger charge is 2.14. The molecular formula is C15H15N3S. The van der Waals surface area contributed by atoms with Gasteiger partial charge in [0.25, 0.3) is 0 Å². The van der Waals surface area contributed by atoms with Crippen LogP contribution in [0, 0.1) is 6.92 Å². The molecular weight excluding hydrogens is 254 g/mol. The number of hydrogen-bond acceptors (Lipinski definition) is 4. The summed E-state index contributed by atoms with van der Waals surface area (Å²) in [5, 5.41) is 3.31. The summed E-state index contributed by atoms with van der Waals surface area (Å²) >= 11 is 1.66. The van der Waals surface area contributed by atoms with Crippen LogP contribution < -0.4 is 5.73 Å². The zero-order valence-corrected chi connectivity index (χ0v) is 11.7. The molecule has 0 fully saturated rings. The van der Waals surface area contributed by atoms with Crippen molar-refractivity contribution in [2.24, 2.45) is 5.73 Å². The predicted molar refractivity (Wildman–Crippen MR) is 80.2 cm³/mol. The summed E-state index contributed by atoms with van der Waals surface area (Å²) in [5.74, 6) is 0. The minimum absolute atomic E-state index is 0.0224. The van der Waals surface area contributed by atoms with Gasteiger partial charge in [0.05, 0.1) is 5.69 Å². The van der Waals surface area contributed by atoms with E-state index in [0.717, 1.165) is 26.5 Å². The summed E-state index contributed by atoms with van der Waals surface area (Å²) in [6.45, 7) is 4.00. The van der Waals surface area contributed by atoms with Gasteiger partial charge in [0, 0.05) is 34.3 Å². The average Bonchev–Trinajstić information content (AvgIpc) is 2.80. The van der Waals surface area contributed by atoms with E-state index in [0.29, 0.717) is 0 Å². The summed E-state index contributed by atoms with van der Waals surface area (Å²) in [5.41, 5.74) is 8.07. The molecule has 1 aromatic carbocycles. The molecule has 2 heterocycles. The van der Waals surface area contributed by atoms with Crippen LogP contribution in [-0.4, -0.2) is 9.97 Å². The molecule has 0 saturated heterocycles. The highest BCUT2D eigenvalue weighted by atomic mass is 32.1. The van der Waals surface area contributed by atoms with E-state index in [1.807, 2.05) is 38.4 Å². The number of aryl methyl sites for hydroxylation is 1. The molecule has 3 nitrogen and oxygen atoms in total. The number of benzene rings is 1. The third-order valence-electron chi connectivity index (χ3n) is 3.14. The Bertz CT molecular complexity index is 726. The van der Waals surface area contributed by atoms with Crippen LogP contribution in [0.4, 0.5) is 0 Å². The quantitative estimate of drug-likeness (QED) is 0.772. The molecule has 0 aliphatic heterocycles. The Balaban J connectivity index is 2.22. The average molecular weight is 269 g/mol. The van der Waals surface area contributed by atoms with Gasteiger partial charge in [-0.2, -0.15) is 0 Å². The van der Waals surface area contributed by atoms with Gasteiger partial charge in [-0.3, -0.25) is 4.98 Å². The van der Waals surface area contributed by atoms with E-state index in [1.165, 1.54) is 5.39 Å². The lowest BCUT2D eigenvalue weighted by atomic mass is 10.1. The number of nitrogens with two attached hydrogens (primary N) is 1. The molecule has 1 atom stereocenters. The molecule has 1 unspecified atom stereocenters. The lowest BCUT2D eigenvalue weighted by molar-refractivity contribution is 0.825. The summed E-state index contributed by atoms with van der Waals surface area (Å²) < 4.78 is 0. The Labute approximate surface area is 116 Å². The van der Waals surface area contributed by atoms with E-state index in [9.17, 15) is 0 Å². The van der Waals surface area contributed by atoms with Crippen molar-refractivity contribution in [2.45, 2.75) is 19.9 Å². The number of thiazole rings is 1. The fraction of sp³-hybridized carbons (Fsp3) is 0.200. The molecule has 0 bridgehead atoms. The van der Waals surface area contributed by atoms with Crippen molar-refractivity contribution in [3.63, 3.8) is 0 Å². The monoisotopic (exact) mass is 269 g/mol. The molecule has 0 aliphatic carbocycles. The molecule has 4 heteroatoms. The Kier molecular flexibility index (Phi) is 3.05. The van der Waals surface area contributed by atoms with Crippen LogP contribution >= 0.6 is 11.3 Å². The molecule has 0 saturated carbocycles. The van der Waals surface area contributed by atoms with Gasteiger partial charge < -0.3 is 5.73 Å². The first-order valence-corrected chi connectivity index (χ1v) is 7.04. The molecule has 19 heavy (non-hydrogen) atoms. The van der Waals surface area contributed by atoms with Crippen molar-refractivity contribution < 1.29 is 0 Å². The number of aromatic nitrogens is 2. The second kappa shape index (κ2) is 4.72. The zero-order chi connectivity index (χ0) is 13.4. The van der Waals surface area contributed by atoms with Gasteiger partial charge in [-0.1, -0.05) is 24.3 Å². The van der Waals surface area contributed by atoms with Crippen molar-refractivity contribution in [1.82, 2.24) is 9.97 Å². The molecule has 3 rings (SSSR count). The van der Waals surface area contributed by atoms with Crippen LogP contribution in [0.2, 0.25) is 0 Å². The van der Waals surface area contributed by atoms with E-state index in [-0.39, 0.29) is 6.04 Å². The SMILES string of the molecule is Cc1nc(-c2cncc3ccccc23)sc1C(C)N. The maximum Gasteiger partial charge on any atom is 0.126 e. The molecule has 2 N–H and O–H groups in total. The summed E-state index contributed by atoms with van der Waals surface area (Å²) in [7, 11) is 0. The van der Waals surface area contributed by atoms with Crippen LogP contribution in [0.1, 0.15) is 23.5 Å². The van der Waals surface area contributed by atoms with Crippen molar-refractivity contribution in [3.05, 3.63) is 47.2 Å². The van der Waals surface area contributed by atoms with Crippen LogP contribution in [0.25, 0.3) is 21.3 Å². The van der Waals surface area contributed by atoms with Gasteiger partial charge in [0.15, 0.2) is 0 Å². The number of fused-ring (bicyclic) bond motifs is 1. The Morgan fingerprint density at radius 3 is 2.74 bits per heavy atom. The number of rotatable bonds is 2. The predicted octanol–water partition coefficient (Wildman–Crippen LogP) is 3.69. The van der Waals surface area contributed by atoms with Crippen molar-refractivity contribution >= 4 is 22.1 Å². The summed E-state index contributed by atoms with van der Waals surface area (Å²) in [6, 6.07) is 8.26. The summed E-state index contributed by atoms with van der Waals surface area (Å²) in [6.07, 6.45) is 3.76. The molecule has 0 aliphatic rings. The minimum Gasteiger partial charge on any atom is -0.323 e.